The topological polar surface area (TPSA) is 30.9 Å². The molecule has 0 aromatic heterocycles. The molecule has 0 spiro atoms. The summed E-state index contributed by atoms with van der Waals surface area (Å²) in [6.45, 7) is 11.7. The summed E-state index contributed by atoms with van der Waals surface area (Å²) in [5.41, 5.74) is 4.08. The van der Waals surface area contributed by atoms with Gasteiger partial charge in [0.05, 0.1) is 0 Å². The molecule has 1 heterocycles. The smallest absolute Gasteiger partial charge is 0.195 e. The molecule has 1 aliphatic rings. The summed E-state index contributed by atoms with van der Waals surface area (Å²) < 4.78 is 0. The van der Waals surface area contributed by atoms with Gasteiger partial charge in [-0.2, -0.15) is 0 Å². The lowest BCUT2D eigenvalue weighted by molar-refractivity contribution is 0.373. The van der Waals surface area contributed by atoms with Crippen LogP contribution in [0.15, 0.2) is 23.2 Å². The number of aryl methyl sites for hydroxylation is 1. The predicted octanol–water partition coefficient (Wildman–Crippen LogP) is 2.64. The Hall–Kier alpha value is -1.42. The quantitative estimate of drug-likeness (QED) is 0.349. The molecule has 0 unspecified atom stereocenters. The first-order chi connectivity index (χ1) is 10.7. The van der Waals surface area contributed by atoms with E-state index in [9.17, 15) is 0 Å². The van der Waals surface area contributed by atoms with Gasteiger partial charge in [0, 0.05) is 38.4 Å². The minimum absolute atomic E-state index is 0. The summed E-state index contributed by atoms with van der Waals surface area (Å²) >= 11 is 0. The predicted molar refractivity (Wildman–Crippen MR) is 110 cm³/mol. The van der Waals surface area contributed by atoms with Crippen molar-refractivity contribution in [2.45, 2.75) is 20.8 Å². The third-order valence-corrected chi connectivity index (χ3v) is 4.15. The first-order valence-corrected chi connectivity index (χ1v) is 7.95. The number of piperazine rings is 1. The van der Waals surface area contributed by atoms with Crippen molar-refractivity contribution in [3.8, 4) is 12.3 Å². The molecule has 1 fully saturated rings. The van der Waals surface area contributed by atoms with Crippen LogP contribution in [0.3, 0.4) is 0 Å². The molecule has 1 N–H and O–H groups in total. The lowest BCUT2D eigenvalue weighted by Gasteiger charge is -2.38. The normalized spacial score (nSPS) is 15.0. The molecule has 2 rings (SSSR count). The van der Waals surface area contributed by atoms with Crippen LogP contribution in [0.4, 0.5) is 5.69 Å². The van der Waals surface area contributed by atoms with Crippen LogP contribution in [-0.2, 0) is 0 Å². The van der Waals surface area contributed by atoms with Crippen LogP contribution in [0.1, 0.15) is 18.1 Å². The molecule has 0 radical (unpaired) electrons. The number of hydrogen-bond acceptors (Lipinski definition) is 2. The molecular formula is C18H27IN4. The molecule has 0 bridgehead atoms. The molecule has 0 amide bonds. The van der Waals surface area contributed by atoms with Gasteiger partial charge in [-0.15, -0.1) is 30.4 Å². The van der Waals surface area contributed by atoms with Crippen LogP contribution in [-0.4, -0.2) is 50.1 Å². The van der Waals surface area contributed by atoms with Gasteiger partial charge in [0.15, 0.2) is 5.96 Å². The van der Waals surface area contributed by atoms with Crippen LogP contribution in [0.2, 0.25) is 0 Å². The molecule has 0 aliphatic carbocycles. The van der Waals surface area contributed by atoms with E-state index in [0.29, 0.717) is 6.54 Å². The molecule has 5 heteroatoms. The van der Waals surface area contributed by atoms with E-state index >= 15 is 0 Å². The van der Waals surface area contributed by atoms with Crippen molar-refractivity contribution in [3.63, 3.8) is 0 Å². The number of guanidine groups is 1. The van der Waals surface area contributed by atoms with E-state index in [1.807, 2.05) is 0 Å². The number of aliphatic imine (C=N–C) groups is 1. The molecule has 1 aliphatic heterocycles. The Labute approximate surface area is 157 Å². The third kappa shape index (κ3) is 5.03. The van der Waals surface area contributed by atoms with E-state index in [1.165, 1.54) is 16.8 Å². The summed E-state index contributed by atoms with van der Waals surface area (Å²) in [4.78, 5) is 9.22. The first kappa shape index (κ1) is 19.6. The van der Waals surface area contributed by atoms with Gasteiger partial charge >= 0.3 is 0 Å². The van der Waals surface area contributed by atoms with Crippen molar-refractivity contribution in [1.82, 2.24) is 10.2 Å². The van der Waals surface area contributed by atoms with E-state index in [4.69, 9.17) is 6.42 Å². The van der Waals surface area contributed by atoms with Crippen LogP contribution < -0.4 is 10.2 Å². The van der Waals surface area contributed by atoms with Crippen LogP contribution in [0, 0.1) is 26.2 Å². The highest BCUT2D eigenvalue weighted by atomic mass is 127. The van der Waals surface area contributed by atoms with Gasteiger partial charge in [-0.3, -0.25) is 0 Å². The largest absolute Gasteiger partial charge is 0.368 e. The third-order valence-electron chi connectivity index (χ3n) is 4.15. The van der Waals surface area contributed by atoms with Crippen LogP contribution in [0.25, 0.3) is 0 Å². The number of terminal acetylenes is 1. The van der Waals surface area contributed by atoms with Crippen molar-refractivity contribution in [1.29, 1.82) is 0 Å². The van der Waals surface area contributed by atoms with E-state index in [1.54, 1.807) is 0 Å². The van der Waals surface area contributed by atoms with Gasteiger partial charge in [0.2, 0.25) is 0 Å². The van der Waals surface area contributed by atoms with Crippen molar-refractivity contribution < 1.29 is 0 Å². The second-order valence-electron chi connectivity index (χ2n) is 5.57. The molecule has 1 saturated heterocycles. The van der Waals surface area contributed by atoms with Gasteiger partial charge < -0.3 is 15.1 Å². The lowest BCUT2D eigenvalue weighted by atomic mass is 10.1. The summed E-state index contributed by atoms with van der Waals surface area (Å²) in [6, 6.07) is 6.53. The minimum atomic E-state index is 0. The highest BCUT2D eigenvalue weighted by Crippen LogP contribution is 2.23. The molecule has 1 aromatic rings. The number of halogens is 1. The monoisotopic (exact) mass is 426 g/mol. The van der Waals surface area contributed by atoms with E-state index in [2.05, 4.69) is 65.0 Å². The summed E-state index contributed by atoms with van der Waals surface area (Å²) in [7, 11) is 0. The molecular weight excluding hydrogens is 399 g/mol. The van der Waals surface area contributed by atoms with E-state index < -0.39 is 0 Å². The Kier molecular flexibility index (Phi) is 8.24. The number of nitrogens with zero attached hydrogens (tertiary/aromatic N) is 3. The first-order valence-electron chi connectivity index (χ1n) is 7.95. The number of benzene rings is 1. The second-order valence-corrected chi connectivity index (χ2v) is 5.57. The number of rotatable bonds is 3. The fraction of sp³-hybridized carbons (Fsp3) is 0.500. The Morgan fingerprint density at radius 3 is 2.57 bits per heavy atom. The zero-order valence-electron chi connectivity index (χ0n) is 14.3. The molecule has 0 atom stereocenters. The highest BCUT2D eigenvalue weighted by Gasteiger charge is 2.20. The van der Waals surface area contributed by atoms with Crippen molar-refractivity contribution in [2.75, 3.05) is 44.2 Å². The fourth-order valence-electron chi connectivity index (χ4n) is 2.78. The van der Waals surface area contributed by atoms with Gasteiger partial charge in [-0.1, -0.05) is 18.1 Å². The van der Waals surface area contributed by atoms with Gasteiger partial charge in [-0.25, -0.2) is 4.99 Å². The van der Waals surface area contributed by atoms with Gasteiger partial charge in [0.25, 0.3) is 0 Å². The molecule has 0 saturated carbocycles. The fourth-order valence-corrected chi connectivity index (χ4v) is 2.78. The van der Waals surface area contributed by atoms with Gasteiger partial charge in [-0.05, 0) is 38.0 Å². The average Bonchev–Trinajstić information content (AvgIpc) is 2.54. The Morgan fingerprint density at radius 2 is 1.96 bits per heavy atom. The maximum Gasteiger partial charge on any atom is 0.195 e. The van der Waals surface area contributed by atoms with Gasteiger partial charge in [0.1, 0.15) is 6.54 Å². The summed E-state index contributed by atoms with van der Waals surface area (Å²) in [5.74, 6) is 3.51. The summed E-state index contributed by atoms with van der Waals surface area (Å²) in [6.07, 6.45) is 5.32. The van der Waals surface area contributed by atoms with E-state index in [0.717, 1.165) is 38.7 Å². The second kappa shape index (κ2) is 9.66. The maximum absolute atomic E-state index is 5.32. The Bertz CT molecular complexity index is 569. The van der Waals surface area contributed by atoms with Crippen LogP contribution >= 0.6 is 24.0 Å². The number of nitrogens with one attached hydrogen (secondary N) is 1. The zero-order chi connectivity index (χ0) is 15.9. The Morgan fingerprint density at radius 1 is 1.26 bits per heavy atom. The average molecular weight is 426 g/mol. The van der Waals surface area contributed by atoms with Crippen LogP contribution in [0.5, 0.6) is 0 Å². The lowest BCUT2D eigenvalue weighted by Crippen LogP contribution is -2.52. The molecule has 126 valence electrons. The van der Waals surface area contributed by atoms with Crippen molar-refractivity contribution in [3.05, 3.63) is 29.3 Å². The molecule has 1 aromatic carbocycles. The molecule has 23 heavy (non-hydrogen) atoms. The highest BCUT2D eigenvalue weighted by molar-refractivity contribution is 14.0. The molecule has 4 nitrogen and oxygen atoms in total. The SMILES string of the molecule is C#CCN=C(NCC)N1CCN(c2cccc(C)c2C)CC1.I. The van der Waals surface area contributed by atoms with Crippen molar-refractivity contribution >= 4 is 35.6 Å². The number of hydrogen-bond donors (Lipinski definition) is 1. The Balaban J connectivity index is 0.00000264. The minimum Gasteiger partial charge on any atom is -0.368 e. The van der Waals surface area contributed by atoms with Crippen molar-refractivity contribution in [2.24, 2.45) is 4.99 Å². The zero-order valence-corrected chi connectivity index (χ0v) is 16.6. The maximum atomic E-state index is 5.32. The standard InChI is InChI=1S/C18H26N4.HI/c1-5-10-20-18(19-6-2)22-13-11-21(12-14-22)17-9-7-8-15(3)16(17)4;/h1,7-9H,6,10-14H2,2-4H3,(H,19,20);1H. The van der Waals surface area contributed by atoms with E-state index in [-0.39, 0.29) is 24.0 Å². The number of anilines is 1. The summed E-state index contributed by atoms with van der Waals surface area (Å²) in [5, 5.41) is 3.32.